The van der Waals surface area contributed by atoms with E-state index in [1.807, 2.05) is 20.8 Å². The molecule has 9 N–H and O–H groups in total. The van der Waals surface area contributed by atoms with Crippen LogP contribution < -0.4 is 17.2 Å². The van der Waals surface area contributed by atoms with Crippen molar-refractivity contribution in [2.45, 2.75) is 78.6 Å². The highest BCUT2D eigenvalue weighted by atomic mass is 16.4. The molecule has 0 atom stereocenters. The van der Waals surface area contributed by atoms with Crippen molar-refractivity contribution in [2.75, 3.05) is 0 Å². The van der Waals surface area contributed by atoms with Crippen molar-refractivity contribution >= 4 is 35.6 Å². The number of benzene rings is 1. The summed E-state index contributed by atoms with van der Waals surface area (Å²) in [7, 11) is 0. The quantitative estimate of drug-likeness (QED) is 0.240. The molecule has 0 spiro atoms. The van der Waals surface area contributed by atoms with E-state index in [-0.39, 0.29) is 34.4 Å². The topological polar surface area (TPSA) is 241 Å². The van der Waals surface area contributed by atoms with Crippen molar-refractivity contribution in [2.24, 2.45) is 17.2 Å². The molecule has 1 aromatic carbocycles. The summed E-state index contributed by atoms with van der Waals surface area (Å²) >= 11 is 0. The minimum Gasteiger partial charge on any atom is -0.478 e. The number of amides is 3. The first-order valence-corrected chi connectivity index (χ1v) is 11.4. The van der Waals surface area contributed by atoms with Crippen LogP contribution in [0.5, 0.6) is 0 Å². The Bertz CT molecular complexity index is 733. The number of primary amides is 3. The molecule has 0 bridgehead atoms. The Morgan fingerprint density at radius 2 is 0.722 bits per heavy atom. The average Bonchev–Trinajstić information content (AvgIpc) is 2.80. The molecule has 1 rings (SSSR count). The van der Waals surface area contributed by atoms with Crippen molar-refractivity contribution in [1.82, 2.24) is 0 Å². The second-order valence-corrected chi connectivity index (χ2v) is 7.42. The highest BCUT2D eigenvalue weighted by Crippen LogP contribution is 2.11. The van der Waals surface area contributed by atoms with Gasteiger partial charge in [0.25, 0.3) is 0 Å². The van der Waals surface area contributed by atoms with E-state index >= 15 is 0 Å². The lowest BCUT2D eigenvalue weighted by atomic mass is 10.1. The third-order valence-corrected chi connectivity index (χ3v) is 4.00. The second-order valence-electron chi connectivity index (χ2n) is 7.42. The van der Waals surface area contributed by atoms with Gasteiger partial charge in [0, 0.05) is 19.3 Å². The lowest BCUT2D eigenvalue weighted by molar-refractivity contribution is -0.118. The smallest absolute Gasteiger partial charge is 0.335 e. The van der Waals surface area contributed by atoms with Gasteiger partial charge < -0.3 is 32.5 Å². The van der Waals surface area contributed by atoms with Gasteiger partial charge in [0.1, 0.15) is 0 Å². The molecule has 3 amide bonds. The Kier molecular flexibility index (Phi) is 23.2. The van der Waals surface area contributed by atoms with Crippen LogP contribution >= 0.6 is 0 Å². The van der Waals surface area contributed by atoms with Crippen molar-refractivity contribution in [3.05, 3.63) is 34.9 Å². The van der Waals surface area contributed by atoms with Gasteiger partial charge in [-0.2, -0.15) is 0 Å². The number of carbonyl (C=O) groups excluding carboxylic acids is 3. The van der Waals surface area contributed by atoms with Crippen LogP contribution in [0.25, 0.3) is 0 Å². The lowest BCUT2D eigenvalue weighted by Gasteiger charge is -2.00. The monoisotopic (exact) mass is 513 g/mol. The van der Waals surface area contributed by atoms with Crippen LogP contribution in [0.1, 0.15) is 110 Å². The normalized spacial score (nSPS) is 9.08. The van der Waals surface area contributed by atoms with Crippen molar-refractivity contribution < 1.29 is 44.1 Å². The molecule has 0 heterocycles. The predicted octanol–water partition coefficient (Wildman–Crippen LogP) is 2.77. The number of carboxylic acids is 3. The van der Waals surface area contributed by atoms with Crippen molar-refractivity contribution in [3.63, 3.8) is 0 Å². The van der Waals surface area contributed by atoms with E-state index in [9.17, 15) is 28.8 Å². The number of rotatable bonds is 12. The molecule has 0 fully saturated rings. The van der Waals surface area contributed by atoms with Crippen molar-refractivity contribution in [3.8, 4) is 0 Å². The molecule has 12 nitrogen and oxygen atoms in total. The molecule has 204 valence electrons. The molecule has 36 heavy (non-hydrogen) atoms. The van der Waals surface area contributed by atoms with E-state index in [0.717, 1.165) is 56.7 Å². The molecular weight excluding hydrogens is 474 g/mol. The summed E-state index contributed by atoms with van der Waals surface area (Å²) in [4.78, 5) is 61.6. The number of aromatic carboxylic acids is 3. The largest absolute Gasteiger partial charge is 0.478 e. The third kappa shape index (κ3) is 24.7. The molecule has 0 saturated carbocycles. The molecule has 0 aliphatic carbocycles. The number of carboxylic acid groups (broad SMARTS) is 3. The Labute approximate surface area is 210 Å². The van der Waals surface area contributed by atoms with E-state index in [4.69, 9.17) is 32.5 Å². The first-order valence-electron chi connectivity index (χ1n) is 11.4. The third-order valence-electron chi connectivity index (χ3n) is 4.00. The average molecular weight is 514 g/mol. The SMILES string of the molecule is CCCCC(N)=O.CCCCC(N)=O.CCCCC(N)=O.O=C(O)c1cc(C(=O)O)cc(C(=O)O)c1. The molecule has 0 unspecified atom stereocenters. The molecular formula is C24H39N3O9. The maximum absolute atomic E-state index is 10.6. The number of carbonyl (C=O) groups is 6. The van der Waals surface area contributed by atoms with Gasteiger partial charge in [-0.05, 0) is 37.5 Å². The lowest BCUT2D eigenvalue weighted by Crippen LogP contribution is -2.09. The summed E-state index contributed by atoms with van der Waals surface area (Å²) in [5.74, 6) is -4.70. The molecule has 0 aliphatic rings. The van der Waals surface area contributed by atoms with Crippen LogP contribution in [0.4, 0.5) is 0 Å². The number of hydrogen-bond acceptors (Lipinski definition) is 6. The van der Waals surface area contributed by atoms with E-state index in [1.54, 1.807) is 0 Å². The second kappa shape index (κ2) is 22.8. The maximum atomic E-state index is 10.6. The van der Waals surface area contributed by atoms with Gasteiger partial charge >= 0.3 is 17.9 Å². The molecule has 12 heteroatoms. The van der Waals surface area contributed by atoms with Crippen LogP contribution in [0.2, 0.25) is 0 Å². The summed E-state index contributed by atoms with van der Waals surface area (Å²) in [5, 5.41) is 25.8. The summed E-state index contributed by atoms with van der Waals surface area (Å²) in [6, 6.07) is 2.70. The first-order chi connectivity index (χ1) is 16.7. The molecule has 0 saturated heterocycles. The Morgan fingerprint density at radius 3 is 0.806 bits per heavy atom. The first kappa shape index (κ1) is 36.6. The van der Waals surface area contributed by atoms with Gasteiger partial charge in [0.05, 0.1) is 16.7 Å². The van der Waals surface area contributed by atoms with E-state index in [1.165, 1.54) is 0 Å². The minimum absolute atomic E-state index is 0.193. The standard InChI is InChI=1S/C9H6O6.3C5H11NO/c10-7(11)4-1-5(8(12)13)3-6(2-4)9(14)15;3*1-2-3-4-5(6)7/h1-3H,(H,10,11)(H,12,13)(H,14,15);3*2-4H2,1H3,(H2,6,7). The summed E-state index contributed by atoms with van der Waals surface area (Å²) in [6.45, 7) is 6.09. The van der Waals surface area contributed by atoms with Gasteiger partial charge in [-0.3, -0.25) is 14.4 Å². The summed E-state index contributed by atoms with van der Waals surface area (Å²) in [5.41, 5.74) is 13.4. The van der Waals surface area contributed by atoms with Crippen molar-refractivity contribution in [1.29, 1.82) is 0 Å². The highest BCUT2D eigenvalue weighted by Gasteiger charge is 2.14. The minimum atomic E-state index is -1.37. The van der Waals surface area contributed by atoms with Gasteiger partial charge in [0.15, 0.2) is 0 Å². The highest BCUT2D eigenvalue weighted by molar-refractivity contribution is 5.98. The molecule has 0 aliphatic heterocycles. The zero-order valence-electron chi connectivity index (χ0n) is 21.1. The number of hydrogen-bond donors (Lipinski definition) is 6. The molecule has 0 aromatic heterocycles. The molecule has 0 radical (unpaired) electrons. The van der Waals surface area contributed by atoms with Gasteiger partial charge in [0.2, 0.25) is 17.7 Å². The fourth-order valence-electron chi connectivity index (χ4n) is 2.05. The van der Waals surface area contributed by atoms with Crippen LogP contribution in [-0.4, -0.2) is 50.9 Å². The predicted molar refractivity (Wildman–Crippen MR) is 133 cm³/mol. The van der Waals surface area contributed by atoms with Crippen LogP contribution in [0, 0.1) is 0 Å². The van der Waals surface area contributed by atoms with E-state index < -0.39 is 17.9 Å². The summed E-state index contributed by atoms with van der Waals surface area (Å²) < 4.78 is 0. The van der Waals surface area contributed by atoms with Crippen LogP contribution in [-0.2, 0) is 14.4 Å². The Hall–Kier alpha value is -3.96. The zero-order valence-corrected chi connectivity index (χ0v) is 21.1. The van der Waals surface area contributed by atoms with E-state index in [2.05, 4.69) is 0 Å². The maximum Gasteiger partial charge on any atom is 0.335 e. The zero-order chi connectivity index (χ0) is 28.7. The fraction of sp³-hybridized carbons (Fsp3) is 0.500. The molecule has 1 aromatic rings. The fourth-order valence-corrected chi connectivity index (χ4v) is 2.05. The van der Waals surface area contributed by atoms with E-state index in [0.29, 0.717) is 19.3 Å². The Balaban J connectivity index is -0.000000441. The number of unbranched alkanes of at least 4 members (excludes halogenated alkanes) is 3. The van der Waals surface area contributed by atoms with Gasteiger partial charge in [-0.1, -0.05) is 40.0 Å². The number of nitrogens with two attached hydrogens (primary N) is 3. The van der Waals surface area contributed by atoms with Gasteiger partial charge in [-0.25, -0.2) is 14.4 Å². The summed E-state index contributed by atoms with van der Waals surface area (Å²) in [6.07, 6.45) is 7.53. The Morgan fingerprint density at radius 1 is 0.528 bits per heavy atom. The van der Waals surface area contributed by atoms with Gasteiger partial charge in [-0.15, -0.1) is 0 Å². The van der Waals surface area contributed by atoms with Crippen LogP contribution in [0.3, 0.4) is 0 Å². The van der Waals surface area contributed by atoms with Crippen LogP contribution in [0.15, 0.2) is 18.2 Å².